The molecule has 0 atom stereocenters. The summed E-state index contributed by atoms with van der Waals surface area (Å²) < 4.78 is 0. The molecular formula is C13H17O2+. The highest BCUT2D eigenvalue weighted by Gasteiger charge is 1.95. The smallest absolute Gasteiger partial charge is 0.508 e. The Morgan fingerprint density at radius 2 is 2.07 bits per heavy atom. The molecule has 80 valence electrons. The van der Waals surface area contributed by atoms with Crippen molar-refractivity contribution >= 4 is 11.9 Å². The number of allylic oxidation sites excluding steroid dienone is 1. The van der Waals surface area contributed by atoms with Crippen molar-refractivity contribution in [2.75, 3.05) is 0 Å². The summed E-state index contributed by atoms with van der Waals surface area (Å²) in [4.78, 5) is 11.3. The van der Waals surface area contributed by atoms with Gasteiger partial charge in [-0.2, -0.15) is 0 Å². The summed E-state index contributed by atoms with van der Waals surface area (Å²) in [5.74, 6) is 0.398. The maximum absolute atomic E-state index is 11.3. The van der Waals surface area contributed by atoms with E-state index in [4.69, 9.17) is 5.11 Å². The van der Waals surface area contributed by atoms with Crippen LogP contribution in [-0.4, -0.2) is 10.9 Å². The van der Waals surface area contributed by atoms with Gasteiger partial charge in [0.25, 0.3) is 0 Å². The second-order valence-electron chi connectivity index (χ2n) is 3.49. The molecule has 0 fully saturated rings. The SMILES string of the molecule is CCCCC(=O)/C=C/c1ccc(O)cc1.[H+]. The van der Waals surface area contributed by atoms with E-state index in [0.29, 0.717) is 6.42 Å². The summed E-state index contributed by atoms with van der Waals surface area (Å²) in [6.07, 6.45) is 5.97. The molecule has 0 heterocycles. The van der Waals surface area contributed by atoms with Crippen molar-refractivity contribution in [3.63, 3.8) is 0 Å². The highest BCUT2D eigenvalue weighted by molar-refractivity contribution is 5.93. The van der Waals surface area contributed by atoms with Gasteiger partial charge in [-0.3, -0.25) is 4.79 Å². The van der Waals surface area contributed by atoms with Crippen LogP contribution in [0.3, 0.4) is 0 Å². The molecule has 0 saturated heterocycles. The predicted octanol–water partition coefficient (Wildman–Crippen LogP) is 3.28. The fourth-order valence-electron chi connectivity index (χ4n) is 1.21. The van der Waals surface area contributed by atoms with Crippen molar-refractivity contribution in [3.05, 3.63) is 35.9 Å². The van der Waals surface area contributed by atoms with Gasteiger partial charge in [-0.25, -0.2) is 0 Å². The first-order valence-electron chi connectivity index (χ1n) is 5.22. The summed E-state index contributed by atoms with van der Waals surface area (Å²) in [6, 6.07) is 6.77. The van der Waals surface area contributed by atoms with Crippen LogP contribution in [0.1, 0.15) is 33.2 Å². The molecule has 0 bridgehead atoms. The van der Waals surface area contributed by atoms with Crippen LogP contribution >= 0.6 is 0 Å². The Morgan fingerprint density at radius 3 is 2.67 bits per heavy atom. The highest BCUT2D eigenvalue weighted by atomic mass is 16.3. The first-order valence-corrected chi connectivity index (χ1v) is 5.22. The van der Waals surface area contributed by atoms with Gasteiger partial charge in [0, 0.05) is 6.42 Å². The molecule has 2 nitrogen and oxygen atoms in total. The molecule has 1 N–H and O–H groups in total. The van der Waals surface area contributed by atoms with Crippen molar-refractivity contribution in [2.24, 2.45) is 0 Å². The topological polar surface area (TPSA) is 37.3 Å². The molecule has 0 aliphatic heterocycles. The van der Waals surface area contributed by atoms with Crippen LogP contribution in [0.4, 0.5) is 0 Å². The number of ketones is 1. The molecule has 0 unspecified atom stereocenters. The number of unbranched alkanes of at least 4 members (excludes halogenated alkanes) is 1. The summed E-state index contributed by atoms with van der Waals surface area (Å²) in [5, 5.41) is 9.06. The van der Waals surface area contributed by atoms with Gasteiger partial charge in [0.2, 0.25) is 0 Å². The van der Waals surface area contributed by atoms with Crippen LogP contribution < -0.4 is 0 Å². The van der Waals surface area contributed by atoms with Gasteiger partial charge in [-0.15, -0.1) is 0 Å². The molecule has 1 aromatic rings. The zero-order valence-electron chi connectivity index (χ0n) is 9.94. The lowest BCUT2D eigenvalue weighted by Crippen LogP contribution is -1.90. The van der Waals surface area contributed by atoms with Crippen molar-refractivity contribution in [1.82, 2.24) is 0 Å². The lowest BCUT2D eigenvalue weighted by Gasteiger charge is -1.94. The van der Waals surface area contributed by atoms with Crippen LogP contribution in [0, 0.1) is 0 Å². The Morgan fingerprint density at radius 1 is 1.40 bits per heavy atom. The molecule has 15 heavy (non-hydrogen) atoms. The van der Waals surface area contributed by atoms with E-state index in [0.717, 1.165) is 18.4 Å². The van der Waals surface area contributed by atoms with E-state index < -0.39 is 0 Å². The highest BCUT2D eigenvalue weighted by Crippen LogP contribution is 2.11. The molecular weight excluding hydrogens is 188 g/mol. The van der Waals surface area contributed by atoms with E-state index in [1.807, 2.05) is 0 Å². The average molecular weight is 205 g/mol. The number of carbonyl (C=O) groups excluding carboxylic acids is 1. The van der Waals surface area contributed by atoms with Gasteiger partial charge < -0.3 is 5.11 Å². The van der Waals surface area contributed by atoms with Crippen molar-refractivity contribution in [2.45, 2.75) is 26.2 Å². The quantitative estimate of drug-likeness (QED) is 0.749. The lowest BCUT2D eigenvalue weighted by atomic mass is 10.1. The van der Waals surface area contributed by atoms with E-state index in [1.165, 1.54) is 0 Å². The molecule has 0 saturated carbocycles. The van der Waals surface area contributed by atoms with Crippen molar-refractivity contribution in [3.8, 4) is 5.75 Å². The fraction of sp³-hybridized carbons (Fsp3) is 0.308. The van der Waals surface area contributed by atoms with Gasteiger partial charge in [-0.1, -0.05) is 31.6 Å². The standard InChI is InChI=1S/C13H16O2/c1-2-3-4-12(14)8-5-11-6-9-13(15)10-7-11/h5-10,15H,2-4H2,1H3/p+1/b8-5+. The summed E-state index contributed by atoms with van der Waals surface area (Å²) in [5.41, 5.74) is 0.928. The van der Waals surface area contributed by atoms with Crippen LogP contribution in [0.2, 0.25) is 0 Å². The van der Waals surface area contributed by atoms with E-state index in [2.05, 4.69) is 6.92 Å². The molecule has 0 radical (unpaired) electrons. The number of rotatable bonds is 5. The van der Waals surface area contributed by atoms with Gasteiger partial charge in [0.15, 0.2) is 5.78 Å². The third-order valence-corrected chi connectivity index (χ3v) is 2.13. The molecule has 1 aromatic carbocycles. The first kappa shape index (κ1) is 11.5. The Kier molecular flexibility index (Phi) is 4.61. The zero-order valence-corrected chi connectivity index (χ0v) is 8.94. The number of aromatic hydroxyl groups is 1. The normalized spacial score (nSPS) is 10.7. The Hall–Kier alpha value is -1.57. The number of carbonyl (C=O) groups is 1. The van der Waals surface area contributed by atoms with Crippen molar-refractivity contribution < 1.29 is 11.3 Å². The van der Waals surface area contributed by atoms with E-state index in [-0.39, 0.29) is 13.0 Å². The van der Waals surface area contributed by atoms with Crippen LogP contribution in [-0.2, 0) is 4.79 Å². The van der Waals surface area contributed by atoms with Gasteiger partial charge >= 0.3 is 1.43 Å². The molecule has 0 spiro atoms. The number of benzene rings is 1. The van der Waals surface area contributed by atoms with Gasteiger partial charge in [0.1, 0.15) is 5.75 Å². The maximum Gasteiger partial charge on any atom is 1.00 e. The predicted molar refractivity (Wildman–Crippen MR) is 62.8 cm³/mol. The molecule has 0 amide bonds. The van der Waals surface area contributed by atoms with Crippen LogP contribution in [0.5, 0.6) is 5.75 Å². The number of hydrogen-bond acceptors (Lipinski definition) is 2. The van der Waals surface area contributed by atoms with Crippen LogP contribution in [0.15, 0.2) is 30.3 Å². The van der Waals surface area contributed by atoms with Gasteiger partial charge in [0.05, 0.1) is 0 Å². The van der Waals surface area contributed by atoms with E-state index in [1.54, 1.807) is 36.4 Å². The van der Waals surface area contributed by atoms with Gasteiger partial charge in [-0.05, 0) is 30.2 Å². The number of hydrogen-bond donors (Lipinski definition) is 1. The molecule has 0 aliphatic carbocycles. The molecule has 0 aromatic heterocycles. The largest absolute Gasteiger partial charge is 1.00 e. The lowest BCUT2D eigenvalue weighted by molar-refractivity contribution is -0.114. The van der Waals surface area contributed by atoms with Crippen LogP contribution in [0.25, 0.3) is 6.08 Å². The van der Waals surface area contributed by atoms with E-state index >= 15 is 0 Å². The third kappa shape index (κ3) is 4.45. The number of phenols is 1. The Labute approximate surface area is 91.7 Å². The monoisotopic (exact) mass is 205 g/mol. The summed E-state index contributed by atoms with van der Waals surface area (Å²) >= 11 is 0. The number of phenolic OH excluding ortho intramolecular Hbond substituents is 1. The second-order valence-corrected chi connectivity index (χ2v) is 3.49. The third-order valence-electron chi connectivity index (χ3n) is 2.13. The fourth-order valence-corrected chi connectivity index (χ4v) is 1.21. The molecule has 2 heteroatoms. The Bertz CT molecular complexity index is 341. The molecule has 1 rings (SSSR count). The average Bonchev–Trinajstić information content (AvgIpc) is 2.25. The minimum atomic E-state index is 0. The Balaban J connectivity index is 0.00000225. The first-order chi connectivity index (χ1) is 7.22. The summed E-state index contributed by atoms with van der Waals surface area (Å²) in [7, 11) is 0. The second kappa shape index (κ2) is 6.02. The zero-order chi connectivity index (χ0) is 11.1. The minimum Gasteiger partial charge on any atom is -0.508 e. The molecule has 0 aliphatic rings. The summed E-state index contributed by atoms with van der Waals surface area (Å²) in [6.45, 7) is 2.07. The van der Waals surface area contributed by atoms with E-state index in [9.17, 15) is 4.79 Å². The maximum atomic E-state index is 11.3. The van der Waals surface area contributed by atoms with Crippen molar-refractivity contribution in [1.29, 1.82) is 0 Å². The minimum absolute atomic E-state index is 0.